The summed E-state index contributed by atoms with van der Waals surface area (Å²) in [6, 6.07) is 0. The number of nitrogen functional groups attached to an aromatic ring is 1. The van der Waals surface area contributed by atoms with E-state index >= 15 is 0 Å². The Morgan fingerprint density at radius 1 is 1.62 bits per heavy atom. The highest BCUT2D eigenvalue weighted by atomic mass is 16.5. The molecule has 1 aliphatic rings. The van der Waals surface area contributed by atoms with Gasteiger partial charge < -0.3 is 20.7 Å². The molecule has 2 rings (SSSR count). The summed E-state index contributed by atoms with van der Waals surface area (Å²) in [5.41, 5.74) is 5.85. The Balaban J connectivity index is 2.28. The number of aromatic nitrogens is 2. The minimum atomic E-state index is -0.802. The molecule has 0 bridgehead atoms. The van der Waals surface area contributed by atoms with Crippen LogP contribution in [0.4, 0.5) is 5.82 Å². The molecule has 1 aromatic rings. The second-order valence-corrected chi connectivity index (χ2v) is 5.08. The van der Waals surface area contributed by atoms with E-state index in [9.17, 15) is 9.90 Å². The van der Waals surface area contributed by atoms with Crippen LogP contribution in [0.1, 0.15) is 38.0 Å². The van der Waals surface area contributed by atoms with E-state index in [0.717, 1.165) is 12.8 Å². The summed E-state index contributed by atoms with van der Waals surface area (Å²) in [6.45, 7) is 1.77. The summed E-state index contributed by atoms with van der Waals surface area (Å²) in [5, 5.41) is 18.8. The molecule has 4 N–H and O–H groups in total. The highest BCUT2D eigenvalue weighted by molar-refractivity contribution is 5.59. The molecule has 0 amide bonds. The predicted octanol–water partition coefficient (Wildman–Crippen LogP) is 0.279. The number of hydrogen-bond donors (Lipinski definition) is 3. The van der Waals surface area contributed by atoms with Crippen LogP contribution in [0.25, 0.3) is 6.08 Å². The van der Waals surface area contributed by atoms with Crippen molar-refractivity contribution in [2.24, 2.45) is 0 Å². The average Bonchev–Trinajstić information content (AvgIpc) is 2.82. The lowest BCUT2D eigenvalue weighted by molar-refractivity contribution is -0.0458. The quantitative estimate of drug-likeness (QED) is 0.719. The maximum absolute atomic E-state index is 11.9. The first-order valence-electron chi connectivity index (χ1n) is 7.06. The number of nitrogens with two attached hydrogens (primary N) is 1. The summed E-state index contributed by atoms with van der Waals surface area (Å²) in [7, 11) is 0. The first-order chi connectivity index (χ1) is 10.1. The Morgan fingerprint density at radius 3 is 3.00 bits per heavy atom. The van der Waals surface area contributed by atoms with Gasteiger partial charge in [-0.3, -0.25) is 4.57 Å². The van der Waals surface area contributed by atoms with Crippen LogP contribution in [0.5, 0.6) is 0 Å². The van der Waals surface area contributed by atoms with Crippen molar-refractivity contribution < 1.29 is 14.9 Å². The first-order valence-corrected chi connectivity index (χ1v) is 7.06. The molecule has 7 heteroatoms. The van der Waals surface area contributed by atoms with Crippen molar-refractivity contribution in [3.05, 3.63) is 28.3 Å². The normalized spacial score (nSPS) is 25.8. The molecule has 0 aromatic carbocycles. The number of hydrogen-bond acceptors (Lipinski definition) is 6. The first kappa shape index (κ1) is 15.7. The van der Waals surface area contributed by atoms with Gasteiger partial charge in [-0.25, -0.2) is 4.79 Å². The molecule has 7 nitrogen and oxygen atoms in total. The maximum atomic E-state index is 11.9. The zero-order chi connectivity index (χ0) is 15.4. The van der Waals surface area contributed by atoms with E-state index in [1.807, 2.05) is 12.2 Å². The van der Waals surface area contributed by atoms with Crippen LogP contribution in [0.2, 0.25) is 0 Å². The minimum absolute atomic E-state index is 0.167. The van der Waals surface area contributed by atoms with E-state index in [1.54, 1.807) is 6.20 Å². The van der Waals surface area contributed by atoms with E-state index in [0.29, 0.717) is 5.56 Å². The third kappa shape index (κ3) is 3.49. The molecular formula is C14H21N3O4. The number of anilines is 1. The maximum Gasteiger partial charge on any atom is 0.351 e. The molecule has 0 spiro atoms. The number of allylic oxidation sites excluding steroid dienone is 1. The van der Waals surface area contributed by atoms with Gasteiger partial charge in [-0.05, 0) is 6.42 Å². The van der Waals surface area contributed by atoms with E-state index in [4.69, 9.17) is 15.6 Å². The topological polar surface area (TPSA) is 111 Å². The SMILES string of the molecule is CCCC=Cc1cn([C@H]2CC(O)[C@@H](CO)O2)c(=O)nc1N. The number of unbranched alkanes of at least 4 members (excludes halogenated alkanes) is 1. The molecular weight excluding hydrogens is 274 g/mol. The second kappa shape index (κ2) is 6.84. The van der Waals surface area contributed by atoms with Crippen molar-refractivity contribution in [3.63, 3.8) is 0 Å². The third-order valence-electron chi connectivity index (χ3n) is 3.46. The highest BCUT2D eigenvalue weighted by Gasteiger charge is 2.35. The summed E-state index contributed by atoms with van der Waals surface area (Å²) in [5.74, 6) is 0.167. The third-order valence-corrected chi connectivity index (χ3v) is 3.46. The summed E-state index contributed by atoms with van der Waals surface area (Å²) in [6.07, 6.45) is 5.38. The number of nitrogens with zero attached hydrogens (tertiary/aromatic N) is 2. The van der Waals surface area contributed by atoms with Gasteiger partial charge in [-0.1, -0.05) is 25.5 Å². The van der Waals surface area contributed by atoms with Crippen molar-refractivity contribution in [3.8, 4) is 0 Å². The van der Waals surface area contributed by atoms with Gasteiger partial charge in [-0.15, -0.1) is 0 Å². The molecule has 3 atom stereocenters. The second-order valence-electron chi connectivity index (χ2n) is 5.08. The van der Waals surface area contributed by atoms with Gasteiger partial charge in [0.1, 0.15) is 18.1 Å². The molecule has 0 radical (unpaired) electrons. The Hall–Kier alpha value is -1.70. The lowest BCUT2D eigenvalue weighted by Crippen LogP contribution is -2.28. The fourth-order valence-corrected chi connectivity index (χ4v) is 2.26. The number of ether oxygens (including phenoxy) is 1. The number of rotatable bonds is 5. The van der Waals surface area contributed by atoms with Crippen LogP contribution in [-0.2, 0) is 4.74 Å². The van der Waals surface area contributed by atoms with Crippen molar-refractivity contribution >= 4 is 11.9 Å². The van der Waals surface area contributed by atoms with Gasteiger partial charge in [0.25, 0.3) is 0 Å². The zero-order valence-corrected chi connectivity index (χ0v) is 12.0. The van der Waals surface area contributed by atoms with Crippen molar-refractivity contribution in [2.75, 3.05) is 12.3 Å². The van der Waals surface area contributed by atoms with Crippen LogP contribution in [0, 0.1) is 0 Å². The largest absolute Gasteiger partial charge is 0.394 e. The molecule has 0 saturated carbocycles. The zero-order valence-electron chi connectivity index (χ0n) is 12.0. The van der Waals surface area contributed by atoms with Gasteiger partial charge in [-0.2, -0.15) is 4.98 Å². The molecule has 1 saturated heterocycles. The summed E-state index contributed by atoms with van der Waals surface area (Å²) < 4.78 is 6.77. The lowest BCUT2D eigenvalue weighted by atomic mass is 10.2. The molecule has 1 aromatic heterocycles. The molecule has 1 unspecified atom stereocenters. The predicted molar refractivity (Wildman–Crippen MR) is 78.5 cm³/mol. The molecule has 0 aliphatic carbocycles. The van der Waals surface area contributed by atoms with Gasteiger partial charge in [0, 0.05) is 18.2 Å². The molecule has 21 heavy (non-hydrogen) atoms. The summed E-state index contributed by atoms with van der Waals surface area (Å²) >= 11 is 0. The molecule has 2 heterocycles. The standard InChI is InChI=1S/C14H21N3O4/c1-2-3-4-5-9-7-17(14(20)16-13(9)15)12-6-10(19)11(8-18)21-12/h4-5,7,10-12,18-19H,2-3,6,8H2,1H3,(H2,15,16,20)/t10?,11-,12-/m1/s1. The van der Waals surface area contributed by atoms with Gasteiger partial charge in [0.2, 0.25) is 0 Å². The Kier molecular flexibility index (Phi) is 5.11. The van der Waals surface area contributed by atoms with Crippen LogP contribution < -0.4 is 11.4 Å². The Bertz CT molecular complexity index is 570. The highest BCUT2D eigenvalue weighted by Crippen LogP contribution is 2.27. The van der Waals surface area contributed by atoms with E-state index in [1.165, 1.54) is 4.57 Å². The number of aliphatic hydroxyl groups is 2. The number of aliphatic hydroxyl groups excluding tert-OH is 2. The van der Waals surface area contributed by atoms with Crippen LogP contribution >= 0.6 is 0 Å². The van der Waals surface area contributed by atoms with Crippen LogP contribution in [0.15, 0.2) is 17.1 Å². The monoisotopic (exact) mass is 295 g/mol. The molecule has 1 aliphatic heterocycles. The van der Waals surface area contributed by atoms with Crippen LogP contribution in [-0.4, -0.2) is 38.6 Å². The fourth-order valence-electron chi connectivity index (χ4n) is 2.26. The van der Waals surface area contributed by atoms with Gasteiger partial charge in [0.15, 0.2) is 0 Å². The smallest absolute Gasteiger partial charge is 0.351 e. The van der Waals surface area contributed by atoms with Crippen LogP contribution in [0.3, 0.4) is 0 Å². The van der Waals surface area contributed by atoms with Gasteiger partial charge in [0.05, 0.1) is 12.7 Å². The molecule has 1 fully saturated rings. The lowest BCUT2D eigenvalue weighted by Gasteiger charge is -2.15. The van der Waals surface area contributed by atoms with Crippen molar-refractivity contribution in [2.45, 2.75) is 44.6 Å². The fraction of sp³-hybridized carbons (Fsp3) is 0.571. The van der Waals surface area contributed by atoms with Gasteiger partial charge >= 0.3 is 5.69 Å². The van der Waals surface area contributed by atoms with E-state index < -0.39 is 24.1 Å². The van der Waals surface area contributed by atoms with E-state index in [2.05, 4.69) is 11.9 Å². The Morgan fingerprint density at radius 2 is 2.38 bits per heavy atom. The van der Waals surface area contributed by atoms with E-state index in [-0.39, 0.29) is 18.8 Å². The Labute approximate surface area is 122 Å². The van der Waals surface area contributed by atoms with Crippen molar-refractivity contribution in [1.29, 1.82) is 0 Å². The van der Waals surface area contributed by atoms with Crippen molar-refractivity contribution in [1.82, 2.24) is 9.55 Å². The average molecular weight is 295 g/mol. The molecule has 116 valence electrons. The minimum Gasteiger partial charge on any atom is -0.394 e. The summed E-state index contributed by atoms with van der Waals surface area (Å²) in [4.78, 5) is 15.7.